The highest BCUT2D eigenvalue weighted by molar-refractivity contribution is 5.81. The van der Waals surface area contributed by atoms with E-state index in [4.69, 9.17) is 4.74 Å². The minimum Gasteiger partial charge on any atom is -0.465 e. The van der Waals surface area contributed by atoms with Gasteiger partial charge in [-0.25, -0.2) is 0 Å². The van der Waals surface area contributed by atoms with Crippen LogP contribution in [0.2, 0.25) is 0 Å². The fraction of sp³-hybridized carbons (Fsp3) is 0.900. The topological polar surface area (TPSA) is 38.3 Å². The van der Waals surface area contributed by atoms with Gasteiger partial charge in [-0.05, 0) is 32.7 Å². The summed E-state index contributed by atoms with van der Waals surface area (Å²) < 4.78 is 5.09. The van der Waals surface area contributed by atoms with Gasteiger partial charge in [-0.1, -0.05) is 13.3 Å². The average molecular weight is 185 g/mol. The summed E-state index contributed by atoms with van der Waals surface area (Å²) in [5.41, 5.74) is -0.407. The van der Waals surface area contributed by atoms with E-state index < -0.39 is 5.54 Å². The SMILES string of the molecule is CCOC(=O)C1(NC)CCCC1C. The van der Waals surface area contributed by atoms with Crippen molar-refractivity contribution in [3.8, 4) is 0 Å². The zero-order valence-electron chi connectivity index (χ0n) is 8.72. The molecule has 0 saturated heterocycles. The highest BCUT2D eigenvalue weighted by Crippen LogP contribution is 2.36. The number of hydrogen-bond donors (Lipinski definition) is 1. The van der Waals surface area contributed by atoms with Crippen LogP contribution in [0.15, 0.2) is 0 Å². The lowest BCUT2D eigenvalue weighted by molar-refractivity contribution is -0.152. The number of esters is 1. The molecule has 3 nitrogen and oxygen atoms in total. The lowest BCUT2D eigenvalue weighted by Gasteiger charge is -2.30. The van der Waals surface area contributed by atoms with Crippen molar-refractivity contribution in [3.63, 3.8) is 0 Å². The highest BCUT2D eigenvalue weighted by atomic mass is 16.5. The summed E-state index contributed by atoms with van der Waals surface area (Å²) in [5.74, 6) is 0.305. The number of likely N-dealkylation sites (N-methyl/N-ethyl adjacent to an activating group) is 1. The van der Waals surface area contributed by atoms with Crippen molar-refractivity contribution in [1.82, 2.24) is 5.32 Å². The van der Waals surface area contributed by atoms with E-state index in [0.29, 0.717) is 12.5 Å². The largest absolute Gasteiger partial charge is 0.465 e. The van der Waals surface area contributed by atoms with Crippen molar-refractivity contribution < 1.29 is 9.53 Å². The molecule has 0 aromatic heterocycles. The molecular formula is C10H19NO2. The molecule has 3 heteroatoms. The summed E-state index contributed by atoms with van der Waals surface area (Å²) in [4.78, 5) is 11.7. The van der Waals surface area contributed by atoms with Crippen LogP contribution in [0.5, 0.6) is 0 Å². The molecule has 1 N–H and O–H groups in total. The molecule has 76 valence electrons. The lowest BCUT2D eigenvalue weighted by Crippen LogP contribution is -2.53. The molecule has 1 saturated carbocycles. The van der Waals surface area contributed by atoms with Crippen molar-refractivity contribution in [3.05, 3.63) is 0 Å². The Bertz CT molecular complexity index is 193. The van der Waals surface area contributed by atoms with Crippen LogP contribution in [-0.4, -0.2) is 25.2 Å². The fourth-order valence-corrected chi connectivity index (χ4v) is 2.22. The number of ether oxygens (including phenoxy) is 1. The van der Waals surface area contributed by atoms with Crippen molar-refractivity contribution in [1.29, 1.82) is 0 Å². The maximum Gasteiger partial charge on any atom is 0.326 e. The molecule has 1 aliphatic carbocycles. The number of hydrogen-bond acceptors (Lipinski definition) is 3. The van der Waals surface area contributed by atoms with Crippen LogP contribution in [0.25, 0.3) is 0 Å². The van der Waals surface area contributed by atoms with E-state index in [9.17, 15) is 4.79 Å². The van der Waals surface area contributed by atoms with Gasteiger partial charge >= 0.3 is 5.97 Å². The van der Waals surface area contributed by atoms with Crippen LogP contribution in [0, 0.1) is 5.92 Å². The van der Waals surface area contributed by atoms with E-state index in [-0.39, 0.29) is 5.97 Å². The summed E-state index contributed by atoms with van der Waals surface area (Å²) in [5, 5.41) is 3.14. The zero-order valence-corrected chi connectivity index (χ0v) is 8.72. The number of nitrogens with one attached hydrogen (secondary N) is 1. The van der Waals surface area contributed by atoms with Crippen LogP contribution in [-0.2, 0) is 9.53 Å². The zero-order chi connectivity index (χ0) is 9.90. The molecule has 0 spiro atoms. The van der Waals surface area contributed by atoms with E-state index in [0.717, 1.165) is 19.3 Å². The Morgan fingerprint density at radius 1 is 1.69 bits per heavy atom. The van der Waals surface area contributed by atoms with E-state index in [1.807, 2.05) is 14.0 Å². The summed E-state index contributed by atoms with van der Waals surface area (Å²) in [6.07, 6.45) is 3.13. The first kappa shape index (κ1) is 10.5. The number of carbonyl (C=O) groups excluding carboxylic acids is 1. The molecule has 0 aromatic rings. The Kier molecular flexibility index (Phi) is 3.31. The minimum atomic E-state index is -0.407. The quantitative estimate of drug-likeness (QED) is 0.674. The van der Waals surface area contributed by atoms with E-state index in [2.05, 4.69) is 12.2 Å². The first-order chi connectivity index (χ1) is 6.17. The van der Waals surface area contributed by atoms with Crippen molar-refractivity contribution in [2.24, 2.45) is 5.92 Å². The standard InChI is InChI=1S/C10H19NO2/c1-4-13-9(12)10(11-3)7-5-6-8(10)2/h8,11H,4-7H2,1-3H3. The van der Waals surface area contributed by atoms with Crippen LogP contribution in [0.3, 0.4) is 0 Å². The summed E-state index contributed by atoms with van der Waals surface area (Å²) in [7, 11) is 1.85. The molecule has 2 unspecified atom stereocenters. The highest BCUT2D eigenvalue weighted by Gasteiger charge is 2.46. The van der Waals surface area contributed by atoms with Gasteiger partial charge in [0.25, 0.3) is 0 Å². The Morgan fingerprint density at radius 3 is 2.77 bits per heavy atom. The molecule has 0 aromatic carbocycles. The van der Waals surface area contributed by atoms with E-state index in [1.54, 1.807) is 0 Å². The third-order valence-corrected chi connectivity index (χ3v) is 3.14. The molecule has 1 fully saturated rings. The van der Waals surface area contributed by atoms with Gasteiger partial charge in [0.1, 0.15) is 5.54 Å². The molecule has 0 radical (unpaired) electrons. The van der Waals surface area contributed by atoms with E-state index >= 15 is 0 Å². The smallest absolute Gasteiger partial charge is 0.326 e. The Labute approximate surface area is 79.8 Å². The van der Waals surface area contributed by atoms with Crippen LogP contribution in [0.1, 0.15) is 33.1 Å². The average Bonchev–Trinajstić information content (AvgIpc) is 2.48. The molecule has 2 atom stereocenters. The first-order valence-corrected chi connectivity index (χ1v) is 5.03. The molecule has 1 rings (SSSR count). The second-order valence-corrected chi connectivity index (χ2v) is 3.74. The lowest BCUT2D eigenvalue weighted by atomic mass is 9.88. The van der Waals surface area contributed by atoms with Crippen LogP contribution < -0.4 is 5.32 Å². The van der Waals surface area contributed by atoms with E-state index in [1.165, 1.54) is 0 Å². The fourth-order valence-electron chi connectivity index (χ4n) is 2.22. The van der Waals surface area contributed by atoms with Gasteiger partial charge in [-0.15, -0.1) is 0 Å². The van der Waals surface area contributed by atoms with Crippen LogP contribution >= 0.6 is 0 Å². The van der Waals surface area contributed by atoms with Crippen molar-refractivity contribution in [2.75, 3.05) is 13.7 Å². The maximum atomic E-state index is 11.7. The first-order valence-electron chi connectivity index (χ1n) is 5.03. The Hall–Kier alpha value is -0.570. The predicted molar refractivity (Wildman–Crippen MR) is 51.4 cm³/mol. The van der Waals surface area contributed by atoms with Gasteiger partial charge in [0.2, 0.25) is 0 Å². The van der Waals surface area contributed by atoms with Crippen LogP contribution in [0.4, 0.5) is 0 Å². The van der Waals surface area contributed by atoms with Crippen molar-refractivity contribution >= 4 is 5.97 Å². The van der Waals surface area contributed by atoms with Gasteiger partial charge in [0.15, 0.2) is 0 Å². The summed E-state index contributed by atoms with van der Waals surface area (Å²) in [6, 6.07) is 0. The van der Waals surface area contributed by atoms with Crippen molar-refractivity contribution in [2.45, 2.75) is 38.6 Å². The number of rotatable bonds is 3. The monoisotopic (exact) mass is 185 g/mol. The molecule has 1 aliphatic rings. The summed E-state index contributed by atoms with van der Waals surface area (Å²) in [6.45, 7) is 4.43. The van der Waals surface area contributed by atoms with Gasteiger partial charge in [-0.2, -0.15) is 0 Å². The van der Waals surface area contributed by atoms with Gasteiger partial charge < -0.3 is 10.1 Å². The molecular weight excluding hydrogens is 166 g/mol. The third-order valence-electron chi connectivity index (χ3n) is 3.14. The molecule has 0 bridgehead atoms. The normalized spacial score (nSPS) is 33.3. The van der Waals surface area contributed by atoms with Gasteiger partial charge in [-0.3, -0.25) is 4.79 Å². The molecule has 0 aliphatic heterocycles. The second-order valence-electron chi connectivity index (χ2n) is 3.74. The Morgan fingerprint density at radius 2 is 2.38 bits per heavy atom. The van der Waals surface area contributed by atoms with Gasteiger partial charge in [0, 0.05) is 0 Å². The molecule has 13 heavy (non-hydrogen) atoms. The number of carbonyl (C=O) groups is 1. The molecule has 0 heterocycles. The second kappa shape index (κ2) is 4.09. The summed E-state index contributed by atoms with van der Waals surface area (Å²) >= 11 is 0. The Balaban J connectivity index is 2.73. The molecule has 0 amide bonds. The maximum absolute atomic E-state index is 11.7. The predicted octanol–water partition coefficient (Wildman–Crippen LogP) is 1.33. The minimum absolute atomic E-state index is 0.0810. The van der Waals surface area contributed by atoms with Gasteiger partial charge in [0.05, 0.1) is 6.61 Å². The third kappa shape index (κ3) is 1.70.